The Morgan fingerprint density at radius 3 is 2.46 bits per heavy atom. The normalized spacial score (nSPS) is 15.4. The highest BCUT2D eigenvalue weighted by Gasteiger charge is 2.27. The highest BCUT2D eigenvalue weighted by atomic mass is 16.2. The number of rotatable bonds is 2. The summed E-state index contributed by atoms with van der Waals surface area (Å²) >= 11 is 0. The van der Waals surface area contributed by atoms with E-state index in [1.165, 1.54) is 0 Å². The summed E-state index contributed by atoms with van der Waals surface area (Å²) in [5.41, 5.74) is 2.63. The predicted octanol–water partition coefficient (Wildman–Crippen LogP) is 3.42. The van der Waals surface area contributed by atoms with Gasteiger partial charge in [0.15, 0.2) is 0 Å². The van der Waals surface area contributed by atoms with Crippen LogP contribution in [0, 0.1) is 0 Å². The lowest BCUT2D eigenvalue weighted by atomic mass is 9.95. The van der Waals surface area contributed by atoms with Gasteiger partial charge in [0.25, 0.3) is 11.5 Å². The van der Waals surface area contributed by atoms with Crippen LogP contribution >= 0.6 is 0 Å². The van der Waals surface area contributed by atoms with Crippen molar-refractivity contribution in [1.82, 2.24) is 19.9 Å². The number of piperidine rings is 1. The van der Waals surface area contributed by atoms with E-state index >= 15 is 0 Å². The largest absolute Gasteiger partial charge is 0.342 e. The van der Waals surface area contributed by atoms with Gasteiger partial charge in [0.1, 0.15) is 11.4 Å². The highest BCUT2D eigenvalue weighted by Crippen LogP contribution is 2.28. The fourth-order valence-corrected chi connectivity index (χ4v) is 4.00. The number of carbonyl (C=O) groups is 1. The minimum absolute atomic E-state index is 0.199. The number of carbonyl (C=O) groups excluding carboxylic acids is 1. The molecule has 4 aromatic rings. The van der Waals surface area contributed by atoms with Crippen molar-refractivity contribution in [1.29, 1.82) is 0 Å². The molecule has 0 bridgehead atoms. The van der Waals surface area contributed by atoms with Gasteiger partial charge in [-0.25, -0.2) is 4.98 Å². The number of aromatic amines is 2. The lowest BCUT2D eigenvalue weighted by molar-refractivity contribution is 0.0709. The Bertz CT molecular complexity index is 1200. The van der Waals surface area contributed by atoms with Gasteiger partial charge in [-0.1, -0.05) is 30.3 Å². The zero-order chi connectivity index (χ0) is 19.1. The summed E-state index contributed by atoms with van der Waals surface area (Å²) in [6.45, 7) is 1.24. The van der Waals surface area contributed by atoms with Crippen molar-refractivity contribution < 1.29 is 4.79 Å². The second kappa shape index (κ2) is 6.64. The SMILES string of the molecule is O=C(c1cc2ccccc2[nH]c1=O)N1CCC(c2nc3ccccc3[nH]2)CC1. The second-order valence-electron chi connectivity index (χ2n) is 7.31. The van der Waals surface area contributed by atoms with E-state index in [1.54, 1.807) is 11.0 Å². The first-order valence-electron chi connectivity index (χ1n) is 9.55. The summed E-state index contributed by atoms with van der Waals surface area (Å²) in [5.74, 6) is 1.08. The first kappa shape index (κ1) is 16.7. The molecule has 0 unspecified atom stereocenters. The second-order valence-corrected chi connectivity index (χ2v) is 7.31. The smallest absolute Gasteiger partial charge is 0.261 e. The number of pyridine rings is 1. The van der Waals surface area contributed by atoms with E-state index in [1.807, 2.05) is 48.5 Å². The number of fused-ring (bicyclic) bond motifs is 2. The van der Waals surface area contributed by atoms with Gasteiger partial charge in [-0.05, 0) is 42.5 Å². The number of likely N-dealkylation sites (tertiary alicyclic amines) is 1. The number of H-pyrrole nitrogens is 2. The number of para-hydroxylation sites is 3. The minimum Gasteiger partial charge on any atom is -0.342 e. The van der Waals surface area contributed by atoms with E-state index in [4.69, 9.17) is 4.98 Å². The maximum atomic E-state index is 12.9. The summed E-state index contributed by atoms with van der Waals surface area (Å²) in [7, 11) is 0. The molecule has 0 saturated carbocycles. The number of aromatic nitrogens is 3. The Hall–Kier alpha value is -3.41. The molecular weight excluding hydrogens is 352 g/mol. The van der Waals surface area contributed by atoms with Gasteiger partial charge in [-0.3, -0.25) is 9.59 Å². The Morgan fingerprint density at radius 2 is 1.68 bits per heavy atom. The third-order valence-electron chi connectivity index (χ3n) is 5.56. The Morgan fingerprint density at radius 1 is 0.964 bits per heavy atom. The summed E-state index contributed by atoms with van der Waals surface area (Å²) in [5, 5.41) is 0.864. The molecule has 6 heteroatoms. The molecule has 2 N–H and O–H groups in total. The summed E-state index contributed by atoms with van der Waals surface area (Å²) in [4.78, 5) is 38.0. The van der Waals surface area contributed by atoms with Crippen molar-refractivity contribution in [2.75, 3.05) is 13.1 Å². The van der Waals surface area contributed by atoms with E-state index < -0.39 is 0 Å². The highest BCUT2D eigenvalue weighted by molar-refractivity contribution is 5.97. The number of benzene rings is 2. The average molecular weight is 372 g/mol. The number of nitrogens with zero attached hydrogens (tertiary/aromatic N) is 2. The van der Waals surface area contributed by atoms with Crippen LogP contribution in [0.5, 0.6) is 0 Å². The molecule has 140 valence electrons. The quantitative estimate of drug-likeness (QED) is 0.566. The standard InChI is InChI=1S/C22H20N4O2/c27-21-16(13-15-5-1-2-6-17(15)25-21)22(28)26-11-9-14(10-12-26)20-23-18-7-3-4-8-19(18)24-20/h1-8,13-14H,9-12H2,(H,23,24)(H,25,27). The van der Waals surface area contributed by atoms with Crippen LogP contribution in [-0.2, 0) is 0 Å². The molecule has 28 heavy (non-hydrogen) atoms. The van der Waals surface area contributed by atoms with Gasteiger partial charge in [0, 0.05) is 24.5 Å². The van der Waals surface area contributed by atoms with E-state index in [2.05, 4.69) is 9.97 Å². The topological polar surface area (TPSA) is 81.8 Å². The molecule has 2 aromatic carbocycles. The Balaban J connectivity index is 1.34. The average Bonchev–Trinajstić information content (AvgIpc) is 3.17. The van der Waals surface area contributed by atoms with Gasteiger partial charge in [-0.2, -0.15) is 0 Å². The van der Waals surface area contributed by atoms with Gasteiger partial charge in [0.05, 0.1) is 11.0 Å². The molecule has 0 atom stereocenters. The maximum Gasteiger partial charge on any atom is 0.261 e. The zero-order valence-corrected chi connectivity index (χ0v) is 15.3. The summed E-state index contributed by atoms with van der Waals surface area (Å²) in [6, 6.07) is 17.2. The molecule has 1 aliphatic rings. The van der Waals surface area contributed by atoms with Crippen molar-refractivity contribution in [3.8, 4) is 0 Å². The lowest BCUT2D eigenvalue weighted by Gasteiger charge is -2.31. The van der Waals surface area contributed by atoms with E-state index in [9.17, 15) is 9.59 Å². The summed E-state index contributed by atoms with van der Waals surface area (Å²) < 4.78 is 0. The van der Waals surface area contributed by atoms with Crippen LogP contribution in [0.4, 0.5) is 0 Å². The lowest BCUT2D eigenvalue weighted by Crippen LogP contribution is -2.40. The molecule has 1 amide bonds. The minimum atomic E-state index is -0.330. The molecule has 1 aliphatic heterocycles. The Kier molecular flexibility index (Phi) is 3.97. The molecule has 0 spiro atoms. The fourth-order valence-electron chi connectivity index (χ4n) is 4.00. The molecule has 1 fully saturated rings. The number of amides is 1. The molecular formula is C22H20N4O2. The Labute approximate surface area is 161 Å². The summed E-state index contributed by atoms with van der Waals surface area (Å²) in [6.07, 6.45) is 1.66. The van der Waals surface area contributed by atoms with Gasteiger partial charge < -0.3 is 14.9 Å². The number of hydrogen-bond donors (Lipinski definition) is 2. The van der Waals surface area contributed by atoms with Crippen LogP contribution in [-0.4, -0.2) is 38.8 Å². The molecule has 0 aliphatic carbocycles. The third-order valence-corrected chi connectivity index (χ3v) is 5.56. The monoisotopic (exact) mass is 372 g/mol. The van der Waals surface area contributed by atoms with Crippen molar-refractivity contribution in [3.63, 3.8) is 0 Å². The van der Waals surface area contributed by atoms with E-state index in [-0.39, 0.29) is 17.0 Å². The van der Waals surface area contributed by atoms with Crippen molar-refractivity contribution >= 4 is 27.8 Å². The van der Waals surface area contributed by atoms with Crippen molar-refractivity contribution in [2.45, 2.75) is 18.8 Å². The van der Waals surface area contributed by atoms with Crippen LogP contribution < -0.4 is 5.56 Å². The third kappa shape index (κ3) is 2.87. The molecule has 0 radical (unpaired) electrons. The van der Waals surface area contributed by atoms with Gasteiger partial charge >= 0.3 is 0 Å². The zero-order valence-electron chi connectivity index (χ0n) is 15.3. The molecule has 3 heterocycles. The molecule has 5 rings (SSSR count). The van der Waals surface area contributed by atoms with Crippen LogP contribution in [0.1, 0.15) is 34.9 Å². The van der Waals surface area contributed by atoms with Crippen LogP contribution in [0.25, 0.3) is 21.9 Å². The molecule has 1 saturated heterocycles. The van der Waals surface area contributed by atoms with Crippen molar-refractivity contribution in [3.05, 3.63) is 76.3 Å². The number of hydrogen-bond acceptors (Lipinski definition) is 3. The van der Waals surface area contributed by atoms with E-state index in [0.29, 0.717) is 19.0 Å². The van der Waals surface area contributed by atoms with E-state index in [0.717, 1.165) is 40.6 Å². The van der Waals surface area contributed by atoms with Crippen LogP contribution in [0.15, 0.2) is 59.4 Å². The fraction of sp³-hybridized carbons (Fsp3) is 0.227. The molecule has 2 aromatic heterocycles. The first-order chi connectivity index (χ1) is 13.7. The van der Waals surface area contributed by atoms with Gasteiger partial charge in [0.2, 0.25) is 0 Å². The predicted molar refractivity (Wildman–Crippen MR) is 109 cm³/mol. The first-order valence-corrected chi connectivity index (χ1v) is 9.55. The van der Waals surface area contributed by atoms with Crippen LogP contribution in [0.3, 0.4) is 0 Å². The van der Waals surface area contributed by atoms with Gasteiger partial charge in [-0.15, -0.1) is 0 Å². The van der Waals surface area contributed by atoms with Crippen molar-refractivity contribution in [2.24, 2.45) is 0 Å². The number of nitrogens with one attached hydrogen (secondary N) is 2. The molecule has 6 nitrogen and oxygen atoms in total. The maximum absolute atomic E-state index is 12.9. The number of imidazole rings is 1. The van der Waals surface area contributed by atoms with Crippen LogP contribution in [0.2, 0.25) is 0 Å².